The second-order valence-electron chi connectivity index (χ2n) is 4.45. The van der Waals surface area contributed by atoms with Crippen LogP contribution in [0.15, 0.2) is 18.3 Å². The molecule has 1 aromatic heterocycles. The fourth-order valence-electron chi connectivity index (χ4n) is 1.78. The molecule has 21 heavy (non-hydrogen) atoms. The first kappa shape index (κ1) is 16.7. The number of rotatable bonds is 9. The first-order valence-electron chi connectivity index (χ1n) is 6.41. The van der Waals surface area contributed by atoms with Gasteiger partial charge in [-0.05, 0) is 18.6 Å². The van der Waals surface area contributed by atoms with Crippen molar-refractivity contribution in [1.29, 1.82) is 0 Å². The van der Waals surface area contributed by atoms with Crippen LogP contribution in [0.4, 0.5) is 0 Å². The molecule has 1 rings (SSSR count). The van der Waals surface area contributed by atoms with Crippen LogP contribution in [0.25, 0.3) is 0 Å². The average molecular weight is 297 g/mol. The molecule has 8 heteroatoms. The minimum Gasteiger partial charge on any atom is -0.480 e. The van der Waals surface area contributed by atoms with Crippen molar-refractivity contribution >= 4 is 17.8 Å². The highest BCUT2D eigenvalue weighted by Gasteiger charge is 2.22. The maximum absolute atomic E-state index is 12.1. The summed E-state index contributed by atoms with van der Waals surface area (Å²) in [6, 6.07) is 2.11. The molecule has 0 aliphatic heterocycles. The monoisotopic (exact) mass is 297 g/mol. The highest BCUT2D eigenvalue weighted by atomic mass is 16.5. The van der Waals surface area contributed by atoms with E-state index in [4.69, 9.17) is 15.6 Å². The molecular weight excluding hydrogens is 278 g/mol. The first-order chi connectivity index (χ1) is 9.95. The van der Waals surface area contributed by atoms with Crippen molar-refractivity contribution in [3.8, 4) is 0 Å². The largest absolute Gasteiger partial charge is 0.480 e. The summed E-state index contributed by atoms with van der Waals surface area (Å²) in [6.07, 6.45) is 1.55. The summed E-state index contributed by atoms with van der Waals surface area (Å²) in [4.78, 5) is 33.9. The lowest BCUT2D eigenvalue weighted by atomic mass is 10.1. The zero-order valence-electron chi connectivity index (χ0n) is 11.7. The number of nitrogens with two attached hydrogens (primary N) is 1. The lowest BCUT2D eigenvalue weighted by molar-refractivity contribution is -0.139. The molecule has 0 fully saturated rings. The molecule has 0 unspecified atom stereocenters. The second kappa shape index (κ2) is 8.05. The molecule has 1 heterocycles. The molecule has 0 spiro atoms. The number of carboxylic acids is 1. The smallest absolute Gasteiger partial charge is 0.326 e. The number of hydrogen-bond acceptors (Lipinski definition) is 4. The van der Waals surface area contributed by atoms with E-state index in [1.54, 1.807) is 30.0 Å². The average Bonchev–Trinajstić information content (AvgIpc) is 2.88. The Kier molecular flexibility index (Phi) is 6.41. The molecular formula is C13H19N3O5. The Hall–Kier alpha value is -2.35. The third kappa shape index (κ3) is 5.27. The van der Waals surface area contributed by atoms with E-state index in [1.807, 2.05) is 0 Å². The first-order valence-corrected chi connectivity index (χ1v) is 6.41. The molecule has 0 aliphatic carbocycles. The Labute approximate surface area is 121 Å². The molecule has 0 aliphatic rings. The Bertz CT molecular complexity index is 512. The number of nitrogens with one attached hydrogen (secondary N) is 1. The predicted molar refractivity (Wildman–Crippen MR) is 73.6 cm³/mol. The Balaban J connectivity index is 2.71. The lowest BCUT2D eigenvalue weighted by Crippen LogP contribution is -2.42. The van der Waals surface area contributed by atoms with Gasteiger partial charge in [0.1, 0.15) is 11.7 Å². The minimum absolute atomic E-state index is 0.0464. The summed E-state index contributed by atoms with van der Waals surface area (Å²) in [6.45, 7) is 0.907. The number of hydrogen-bond donors (Lipinski definition) is 3. The number of nitrogens with zero attached hydrogens (tertiary/aromatic N) is 1. The topological polar surface area (TPSA) is 124 Å². The van der Waals surface area contributed by atoms with Crippen LogP contribution in [0.1, 0.15) is 23.3 Å². The molecule has 8 nitrogen and oxygen atoms in total. The van der Waals surface area contributed by atoms with Crippen molar-refractivity contribution in [1.82, 2.24) is 9.88 Å². The summed E-state index contributed by atoms with van der Waals surface area (Å²) in [5.41, 5.74) is 5.31. The van der Waals surface area contributed by atoms with Gasteiger partial charge in [0.2, 0.25) is 5.91 Å². The van der Waals surface area contributed by atoms with E-state index in [-0.39, 0.29) is 12.8 Å². The number of methoxy groups -OCH3 is 1. The number of aliphatic carboxylic acids is 1. The number of primary amides is 1. The molecule has 1 atom stereocenters. The van der Waals surface area contributed by atoms with E-state index in [1.165, 1.54) is 0 Å². The van der Waals surface area contributed by atoms with Gasteiger partial charge < -0.3 is 25.5 Å². The third-order valence-corrected chi connectivity index (χ3v) is 2.88. The highest BCUT2D eigenvalue weighted by molar-refractivity contribution is 5.95. The molecule has 0 radical (unpaired) electrons. The van der Waals surface area contributed by atoms with Gasteiger partial charge in [-0.3, -0.25) is 9.59 Å². The van der Waals surface area contributed by atoms with Gasteiger partial charge >= 0.3 is 5.97 Å². The van der Waals surface area contributed by atoms with Gasteiger partial charge in [0.15, 0.2) is 0 Å². The van der Waals surface area contributed by atoms with Crippen molar-refractivity contribution in [2.45, 2.75) is 25.4 Å². The lowest BCUT2D eigenvalue weighted by Gasteiger charge is -2.15. The fraction of sp³-hybridized carbons (Fsp3) is 0.462. The molecule has 0 saturated heterocycles. The van der Waals surface area contributed by atoms with E-state index in [0.717, 1.165) is 0 Å². The molecule has 2 amide bonds. The zero-order valence-corrected chi connectivity index (χ0v) is 11.7. The van der Waals surface area contributed by atoms with Gasteiger partial charge in [-0.25, -0.2) is 4.79 Å². The summed E-state index contributed by atoms with van der Waals surface area (Å²) in [5.74, 6) is -2.34. The van der Waals surface area contributed by atoms with Gasteiger partial charge in [0.25, 0.3) is 5.91 Å². The van der Waals surface area contributed by atoms with E-state index >= 15 is 0 Å². The molecule has 1 aromatic rings. The zero-order chi connectivity index (χ0) is 15.8. The second-order valence-corrected chi connectivity index (χ2v) is 4.45. The normalized spacial score (nSPS) is 11.9. The standard InChI is InChI=1S/C13H19N3O5/c1-21-8-7-16-6-2-3-10(16)12(18)15-9(13(19)20)4-5-11(14)17/h2-3,6,9H,4-5,7-8H2,1H3,(H2,14,17)(H,15,18)(H,19,20)/t9-/m1/s1. The predicted octanol–water partition coefficient (Wildman–Crippen LogP) is -0.417. The van der Waals surface area contributed by atoms with Crippen LogP contribution in [0.3, 0.4) is 0 Å². The van der Waals surface area contributed by atoms with Crippen LogP contribution in [0.2, 0.25) is 0 Å². The summed E-state index contributed by atoms with van der Waals surface area (Å²) in [7, 11) is 1.55. The number of carboxylic acid groups (broad SMARTS) is 1. The maximum atomic E-state index is 12.1. The molecule has 0 aromatic carbocycles. The van der Waals surface area contributed by atoms with Crippen molar-refractivity contribution in [2.24, 2.45) is 5.73 Å². The van der Waals surface area contributed by atoms with Gasteiger partial charge in [-0.1, -0.05) is 0 Å². The third-order valence-electron chi connectivity index (χ3n) is 2.88. The van der Waals surface area contributed by atoms with Crippen molar-refractivity contribution in [2.75, 3.05) is 13.7 Å². The number of aromatic nitrogens is 1. The Morgan fingerprint density at radius 1 is 1.48 bits per heavy atom. The van der Waals surface area contributed by atoms with Crippen LogP contribution in [0, 0.1) is 0 Å². The summed E-state index contributed by atoms with van der Waals surface area (Å²) >= 11 is 0. The van der Waals surface area contributed by atoms with E-state index in [9.17, 15) is 14.4 Å². The van der Waals surface area contributed by atoms with Crippen LogP contribution in [0.5, 0.6) is 0 Å². The van der Waals surface area contributed by atoms with Crippen LogP contribution in [-0.2, 0) is 20.9 Å². The van der Waals surface area contributed by atoms with Gasteiger partial charge in [-0.15, -0.1) is 0 Å². The van der Waals surface area contributed by atoms with Crippen molar-refractivity contribution in [3.05, 3.63) is 24.0 Å². The van der Waals surface area contributed by atoms with Crippen LogP contribution in [-0.4, -0.2) is 47.2 Å². The van der Waals surface area contributed by atoms with Gasteiger partial charge in [0.05, 0.1) is 6.61 Å². The maximum Gasteiger partial charge on any atom is 0.326 e. The number of ether oxygens (including phenoxy) is 1. The molecule has 4 N–H and O–H groups in total. The van der Waals surface area contributed by atoms with E-state index in [0.29, 0.717) is 18.8 Å². The van der Waals surface area contributed by atoms with Crippen LogP contribution < -0.4 is 11.1 Å². The van der Waals surface area contributed by atoms with Crippen LogP contribution >= 0.6 is 0 Å². The number of amides is 2. The van der Waals surface area contributed by atoms with E-state index < -0.39 is 23.8 Å². The summed E-state index contributed by atoms with van der Waals surface area (Å²) < 4.78 is 6.59. The fourth-order valence-corrected chi connectivity index (χ4v) is 1.78. The van der Waals surface area contributed by atoms with Crippen molar-refractivity contribution in [3.63, 3.8) is 0 Å². The SMILES string of the molecule is COCCn1cccc1C(=O)N[C@H](CCC(N)=O)C(=O)O. The highest BCUT2D eigenvalue weighted by Crippen LogP contribution is 2.05. The molecule has 0 bridgehead atoms. The number of carbonyl (C=O) groups excluding carboxylic acids is 2. The number of carbonyl (C=O) groups is 3. The summed E-state index contributed by atoms with van der Waals surface area (Å²) in [5, 5.41) is 11.4. The van der Waals surface area contributed by atoms with Gasteiger partial charge in [-0.2, -0.15) is 0 Å². The quantitative estimate of drug-likeness (QED) is 0.571. The molecule has 0 saturated carbocycles. The van der Waals surface area contributed by atoms with Gasteiger partial charge in [0, 0.05) is 26.3 Å². The minimum atomic E-state index is -1.21. The van der Waals surface area contributed by atoms with E-state index in [2.05, 4.69) is 5.32 Å². The van der Waals surface area contributed by atoms with Crippen molar-refractivity contribution < 1.29 is 24.2 Å². The Morgan fingerprint density at radius 2 is 2.19 bits per heavy atom. The molecule has 116 valence electrons. The Morgan fingerprint density at radius 3 is 2.76 bits per heavy atom.